The first-order chi connectivity index (χ1) is 13.7. The van der Waals surface area contributed by atoms with E-state index in [4.69, 9.17) is 9.72 Å². The van der Waals surface area contributed by atoms with Gasteiger partial charge in [0.15, 0.2) is 0 Å². The first-order valence-electron chi connectivity index (χ1n) is 11.3. The molecule has 1 aromatic rings. The molecule has 6 atom stereocenters. The van der Waals surface area contributed by atoms with Gasteiger partial charge in [-0.25, -0.2) is 0 Å². The predicted octanol–water partition coefficient (Wildman–Crippen LogP) is 4.70. The van der Waals surface area contributed by atoms with Crippen molar-refractivity contribution >= 4 is 17.7 Å². The van der Waals surface area contributed by atoms with Gasteiger partial charge in [0.05, 0.1) is 23.5 Å². The number of pyridine rings is 1. The van der Waals surface area contributed by atoms with Gasteiger partial charge in [0.25, 0.3) is 0 Å². The molecule has 4 heteroatoms. The Kier molecular flexibility index (Phi) is 4.90. The van der Waals surface area contributed by atoms with Crippen molar-refractivity contribution in [1.29, 1.82) is 0 Å². The van der Waals surface area contributed by atoms with Crippen molar-refractivity contribution in [2.24, 2.45) is 29.6 Å². The maximum atomic E-state index is 12.4. The average Bonchev–Trinajstić information content (AvgIpc) is 3.35. The highest BCUT2D eigenvalue weighted by Crippen LogP contribution is 2.53. The predicted molar refractivity (Wildman–Crippen MR) is 111 cm³/mol. The number of ether oxygens (including phenoxy) is 1. The van der Waals surface area contributed by atoms with E-state index in [2.05, 4.69) is 36.1 Å². The van der Waals surface area contributed by atoms with Crippen LogP contribution in [0.25, 0.3) is 6.08 Å². The van der Waals surface area contributed by atoms with E-state index in [1.165, 1.54) is 44.2 Å². The van der Waals surface area contributed by atoms with Crippen LogP contribution in [0.4, 0.5) is 5.69 Å². The van der Waals surface area contributed by atoms with E-state index < -0.39 is 0 Å². The number of cyclic esters (lactones) is 1. The van der Waals surface area contributed by atoms with E-state index >= 15 is 0 Å². The highest BCUT2D eigenvalue weighted by Gasteiger charge is 2.53. The van der Waals surface area contributed by atoms with Gasteiger partial charge in [-0.05, 0) is 68.6 Å². The fourth-order valence-corrected chi connectivity index (χ4v) is 6.45. The van der Waals surface area contributed by atoms with Crippen molar-refractivity contribution in [3.63, 3.8) is 0 Å². The van der Waals surface area contributed by atoms with Crippen LogP contribution in [0.15, 0.2) is 24.4 Å². The molecule has 2 aliphatic carbocycles. The third-order valence-corrected chi connectivity index (χ3v) is 7.81. The first kappa shape index (κ1) is 18.2. The molecule has 150 valence electrons. The lowest BCUT2D eigenvalue weighted by atomic mass is 9.57. The van der Waals surface area contributed by atoms with Crippen molar-refractivity contribution in [2.45, 2.75) is 58.0 Å². The lowest BCUT2D eigenvalue weighted by Crippen LogP contribution is -2.42. The molecule has 2 saturated heterocycles. The fraction of sp³-hybridized carbons (Fsp3) is 0.667. The number of hydrogen-bond donors (Lipinski definition) is 0. The molecule has 1 aromatic heterocycles. The molecule has 4 aliphatic rings. The highest BCUT2D eigenvalue weighted by atomic mass is 16.6. The lowest BCUT2D eigenvalue weighted by molar-refractivity contribution is -0.144. The molecule has 5 rings (SSSR count). The Balaban J connectivity index is 1.37. The summed E-state index contributed by atoms with van der Waals surface area (Å²) in [5.74, 6) is 2.32. The number of carbonyl (C=O) groups is 1. The average molecular weight is 381 g/mol. The number of allylic oxidation sites excluding steroid dienone is 1. The maximum Gasteiger partial charge on any atom is 0.309 e. The molecule has 4 fully saturated rings. The number of hydrogen-bond acceptors (Lipinski definition) is 4. The summed E-state index contributed by atoms with van der Waals surface area (Å²) in [4.78, 5) is 19.5. The third kappa shape index (κ3) is 3.25. The molecule has 2 aliphatic heterocycles. The van der Waals surface area contributed by atoms with Gasteiger partial charge in [-0.3, -0.25) is 9.78 Å². The van der Waals surface area contributed by atoms with Gasteiger partial charge >= 0.3 is 5.97 Å². The minimum atomic E-state index is 0.0422. The molecule has 0 unspecified atom stereocenters. The number of esters is 1. The number of fused-ring (bicyclic) bond motifs is 2. The molecule has 4 nitrogen and oxygen atoms in total. The normalized spacial score (nSPS) is 37.8. The second-order valence-electron chi connectivity index (χ2n) is 9.34. The van der Waals surface area contributed by atoms with Crippen molar-refractivity contribution in [3.8, 4) is 0 Å². The summed E-state index contributed by atoms with van der Waals surface area (Å²) in [5.41, 5.74) is 2.26. The molecule has 0 amide bonds. The van der Waals surface area contributed by atoms with Crippen molar-refractivity contribution in [3.05, 3.63) is 30.1 Å². The van der Waals surface area contributed by atoms with Crippen LogP contribution in [0.1, 0.15) is 57.6 Å². The summed E-state index contributed by atoms with van der Waals surface area (Å²) in [6.45, 7) is 4.39. The fourth-order valence-electron chi connectivity index (χ4n) is 6.45. The van der Waals surface area contributed by atoms with E-state index in [1.807, 2.05) is 6.20 Å². The Hall–Kier alpha value is -1.84. The van der Waals surface area contributed by atoms with Gasteiger partial charge in [0, 0.05) is 19.0 Å². The quantitative estimate of drug-likeness (QED) is 0.713. The number of nitrogens with zero attached hydrogens (tertiary/aromatic N) is 2. The van der Waals surface area contributed by atoms with Crippen LogP contribution >= 0.6 is 0 Å². The van der Waals surface area contributed by atoms with Crippen molar-refractivity contribution in [2.75, 3.05) is 18.0 Å². The summed E-state index contributed by atoms with van der Waals surface area (Å²) in [6.07, 6.45) is 15.5. The van der Waals surface area contributed by atoms with E-state index in [0.29, 0.717) is 23.7 Å². The molecule has 0 bridgehead atoms. The van der Waals surface area contributed by atoms with E-state index in [0.717, 1.165) is 25.2 Å². The van der Waals surface area contributed by atoms with Crippen LogP contribution in [-0.2, 0) is 9.53 Å². The van der Waals surface area contributed by atoms with E-state index in [-0.39, 0.29) is 18.0 Å². The van der Waals surface area contributed by atoms with Crippen LogP contribution in [0.2, 0.25) is 0 Å². The third-order valence-electron chi connectivity index (χ3n) is 7.81. The molecule has 2 saturated carbocycles. The molecule has 28 heavy (non-hydrogen) atoms. The van der Waals surface area contributed by atoms with Crippen molar-refractivity contribution < 1.29 is 9.53 Å². The zero-order valence-corrected chi connectivity index (χ0v) is 16.9. The largest absolute Gasteiger partial charge is 0.462 e. The second-order valence-corrected chi connectivity index (χ2v) is 9.34. The Bertz CT molecular complexity index is 737. The molecular weight excluding hydrogens is 348 g/mol. The summed E-state index contributed by atoms with van der Waals surface area (Å²) >= 11 is 0. The highest BCUT2D eigenvalue weighted by molar-refractivity contribution is 5.75. The smallest absolute Gasteiger partial charge is 0.309 e. The minimum Gasteiger partial charge on any atom is -0.462 e. The Morgan fingerprint density at radius 2 is 1.96 bits per heavy atom. The van der Waals surface area contributed by atoms with Gasteiger partial charge in [0.1, 0.15) is 6.10 Å². The lowest BCUT2D eigenvalue weighted by Gasteiger charge is -2.45. The summed E-state index contributed by atoms with van der Waals surface area (Å²) < 4.78 is 5.68. The zero-order valence-electron chi connectivity index (χ0n) is 16.9. The molecule has 3 heterocycles. The summed E-state index contributed by atoms with van der Waals surface area (Å²) in [5, 5.41) is 0. The van der Waals surface area contributed by atoms with Gasteiger partial charge in [-0.2, -0.15) is 0 Å². The van der Waals surface area contributed by atoms with Crippen LogP contribution in [0, 0.1) is 29.6 Å². The second kappa shape index (κ2) is 7.53. The number of anilines is 1. The molecule has 0 N–H and O–H groups in total. The summed E-state index contributed by atoms with van der Waals surface area (Å²) in [7, 11) is 0. The SMILES string of the molecule is C[C@H]1OC(=O)[C@@H]2C[C@@H]3CCCC[C@H]3[C@H](/C=C/c3ccc(N4CCCC4)cn3)[C@H]12. The number of rotatable bonds is 3. The van der Waals surface area contributed by atoms with Gasteiger partial charge in [-0.1, -0.05) is 25.3 Å². The van der Waals surface area contributed by atoms with E-state index in [9.17, 15) is 4.79 Å². The van der Waals surface area contributed by atoms with Crippen LogP contribution in [-0.4, -0.2) is 30.1 Å². The number of carbonyl (C=O) groups excluding carboxylic acids is 1. The zero-order chi connectivity index (χ0) is 19.1. The monoisotopic (exact) mass is 380 g/mol. The number of aromatic nitrogens is 1. The summed E-state index contributed by atoms with van der Waals surface area (Å²) in [6, 6.07) is 4.35. The first-order valence-corrected chi connectivity index (χ1v) is 11.3. The minimum absolute atomic E-state index is 0.0422. The van der Waals surface area contributed by atoms with Gasteiger partial charge < -0.3 is 9.64 Å². The standard InChI is InChI=1S/C24H32N2O2/c1-16-23-21(20-7-3-2-6-17(20)14-22(23)24(27)28-16)11-9-18-8-10-19(15-25-18)26-12-4-5-13-26/h8-11,15-17,20-23H,2-7,12-14H2,1H3/b11-9+/t16-,17+,20-,21+,22-,23+/m1/s1. The Labute approximate surface area is 168 Å². The Morgan fingerprint density at radius 3 is 2.75 bits per heavy atom. The van der Waals surface area contributed by atoms with Crippen LogP contribution in [0.3, 0.4) is 0 Å². The molecule has 0 radical (unpaired) electrons. The molecule has 0 aromatic carbocycles. The van der Waals surface area contributed by atoms with Gasteiger partial charge in [-0.15, -0.1) is 0 Å². The van der Waals surface area contributed by atoms with Gasteiger partial charge in [0.2, 0.25) is 0 Å². The van der Waals surface area contributed by atoms with Crippen molar-refractivity contribution in [1.82, 2.24) is 4.98 Å². The maximum absolute atomic E-state index is 12.4. The van der Waals surface area contributed by atoms with E-state index in [1.54, 1.807) is 0 Å². The topological polar surface area (TPSA) is 42.4 Å². The molecule has 0 spiro atoms. The van der Waals surface area contributed by atoms with Crippen LogP contribution in [0.5, 0.6) is 0 Å². The molecular formula is C24H32N2O2. The Morgan fingerprint density at radius 1 is 1.14 bits per heavy atom. The van der Waals surface area contributed by atoms with Crippen LogP contribution < -0.4 is 4.90 Å².